The lowest BCUT2D eigenvalue weighted by atomic mass is 9.92. The van der Waals surface area contributed by atoms with Gasteiger partial charge in [-0.05, 0) is 0 Å². The molecular formula is C34H44Cl3NO22. The Hall–Kier alpha value is -4.55. The van der Waals surface area contributed by atoms with Crippen molar-refractivity contribution in [3.63, 3.8) is 0 Å². The number of carbonyl (C=O) groups excluding carboxylic acids is 9. The van der Waals surface area contributed by atoms with Gasteiger partial charge in [-0.2, -0.15) is 0 Å². The molecule has 2 aliphatic heterocycles. The second-order valence-corrected chi connectivity index (χ2v) is 15.0. The molecule has 0 aromatic heterocycles. The van der Waals surface area contributed by atoms with E-state index >= 15 is 0 Å². The maximum absolute atomic E-state index is 12.8. The largest absolute Gasteiger partial charge is 0.462 e. The molecule has 12 atom stereocenters. The summed E-state index contributed by atoms with van der Waals surface area (Å²) in [5.41, 5.74) is 0. The first-order chi connectivity index (χ1) is 27.7. The van der Waals surface area contributed by atoms with Crippen molar-refractivity contribution < 1.29 is 105 Å². The summed E-state index contributed by atoms with van der Waals surface area (Å²) in [6, 6.07) is 0. The minimum absolute atomic E-state index is 0.782. The maximum atomic E-state index is 12.8. The Morgan fingerprint density at radius 1 is 0.467 bits per heavy atom. The fourth-order valence-electron chi connectivity index (χ4n) is 5.80. The van der Waals surface area contributed by atoms with Crippen molar-refractivity contribution >= 4 is 94.4 Å². The first-order valence-corrected chi connectivity index (χ1v) is 18.6. The minimum atomic E-state index is -2.60. The third-order valence-electron chi connectivity index (χ3n) is 7.62. The molecule has 2 rings (SSSR count). The van der Waals surface area contributed by atoms with Crippen LogP contribution in [0, 0.1) is 5.41 Å². The number of hydrogen-bond donors (Lipinski definition) is 1. The lowest BCUT2D eigenvalue weighted by Crippen LogP contribution is -2.69. The molecule has 338 valence electrons. The molecule has 0 aliphatic carbocycles. The molecule has 0 amide bonds. The molecule has 0 aromatic rings. The van der Waals surface area contributed by atoms with Crippen molar-refractivity contribution in [3.8, 4) is 0 Å². The van der Waals surface area contributed by atoms with Crippen molar-refractivity contribution in [3.05, 3.63) is 0 Å². The van der Waals surface area contributed by atoms with Crippen LogP contribution in [0.5, 0.6) is 0 Å². The van der Waals surface area contributed by atoms with Crippen LogP contribution in [0.3, 0.4) is 0 Å². The van der Waals surface area contributed by atoms with Gasteiger partial charge in [0, 0.05) is 62.3 Å². The van der Waals surface area contributed by atoms with Crippen LogP contribution in [0.15, 0.2) is 0 Å². The zero-order valence-electron chi connectivity index (χ0n) is 33.5. The number of hydrogen-bond acceptors (Lipinski definition) is 23. The molecule has 0 spiro atoms. The third-order valence-corrected chi connectivity index (χ3v) is 8.14. The number of halogens is 3. The molecule has 0 unspecified atom stereocenters. The van der Waals surface area contributed by atoms with Crippen molar-refractivity contribution in [1.82, 2.24) is 0 Å². The molecule has 2 heterocycles. The topological polar surface area (TPSA) is 297 Å². The summed E-state index contributed by atoms with van der Waals surface area (Å²) in [5, 5.41) is 8.26. The summed E-state index contributed by atoms with van der Waals surface area (Å²) in [5.74, 6) is -10.3. The first-order valence-electron chi connectivity index (χ1n) is 17.5. The summed E-state index contributed by atoms with van der Waals surface area (Å²) in [6.07, 6.45) is -23.4. The zero-order valence-corrected chi connectivity index (χ0v) is 35.7. The molecule has 26 heteroatoms. The minimum Gasteiger partial charge on any atom is -0.462 e. The van der Waals surface area contributed by atoms with Crippen molar-refractivity contribution in [2.24, 2.45) is 0 Å². The summed E-state index contributed by atoms with van der Waals surface area (Å²) in [6.45, 7) is 6.95. The second kappa shape index (κ2) is 22.9. The number of esters is 9. The Balaban J connectivity index is 3.06. The van der Waals surface area contributed by atoms with Gasteiger partial charge < -0.3 is 61.6 Å². The van der Waals surface area contributed by atoms with E-state index in [1.54, 1.807) is 0 Å². The van der Waals surface area contributed by atoms with Gasteiger partial charge in [0.05, 0.1) is 0 Å². The predicted octanol–water partition coefficient (Wildman–Crippen LogP) is 0.834. The molecule has 2 fully saturated rings. The van der Waals surface area contributed by atoms with E-state index in [0.29, 0.717) is 0 Å². The van der Waals surface area contributed by atoms with Gasteiger partial charge in [-0.3, -0.25) is 48.6 Å². The highest BCUT2D eigenvalue weighted by atomic mass is 35.6. The van der Waals surface area contributed by atoms with Crippen LogP contribution in [-0.4, -0.2) is 150 Å². The van der Waals surface area contributed by atoms with E-state index in [1.165, 1.54) is 0 Å². The van der Waals surface area contributed by atoms with Crippen LogP contribution >= 0.6 is 34.8 Å². The van der Waals surface area contributed by atoms with Crippen molar-refractivity contribution in [2.75, 3.05) is 13.2 Å². The second-order valence-electron chi connectivity index (χ2n) is 12.8. The number of ether oxygens (including phenoxy) is 13. The van der Waals surface area contributed by atoms with Crippen LogP contribution in [0.25, 0.3) is 0 Å². The van der Waals surface area contributed by atoms with Gasteiger partial charge in [-0.25, -0.2) is 0 Å². The van der Waals surface area contributed by atoms with Crippen molar-refractivity contribution in [2.45, 2.75) is 140 Å². The lowest BCUT2D eigenvalue weighted by molar-refractivity contribution is -0.364. The van der Waals surface area contributed by atoms with Crippen LogP contribution in [0.4, 0.5) is 0 Å². The van der Waals surface area contributed by atoms with Crippen LogP contribution in [-0.2, 0) is 105 Å². The SMILES string of the molecule is CC(=O)OC[C@H](OC(C)=O)[C@H]1O[C@H](O[C@H]2[C@H](OC(C)=O)[C@@H]([C@H](COC(C)=O)OC(C)=O)O[C@H](OC(=N)C(Cl)(Cl)Cl)[C@H]2OC(C)=O)[C@@H](OC(C)=O)[C@@H](OC(C)=O)[C@@H]1OC(C)=O. The van der Waals surface area contributed by atoms with E-state index in [2.05, 4.69) is 0 Å². The van der Waals surface area contributed by atoms with Gasteiger partial charge in [-0.15, -0.1) is 0 Å². The van der Waals surface area contributed by atoms with Crippen molar-refractivity contribution in [1.29, 1.82) is 5.41 Å². The average molecular weight is 925 g/mol. The normalized spacial score (nSPS) is 27.3. The molecule has 2 aliphatic rings. The Morgan fingerprint density at radius 2 is 0.800 bits per heavy atom. The highest BCUT2D eigenvalue weighted by molar-refractivity contribution is 6.76. The van der Waals surface area contributed by atoms with Gasteiger partial charge in [-0.1, -0.05) is 34.8 Å². The molecule has 0 aromatic carbocycles. The zero-order chi connectivity index (χ0) is 45.8. The van der Waals surface area contributed by atoms with Crippen LogP contribution < -0.4 is 0 Å². The fraction of sp³-hybridized carbons (Fsp3) is 0.706. The Morgan fingerprint density at radius 3 is 1.15 bits per heavy atom. The van der Waals surface area contributed by atoms with Gasteiger partial charge in [0.2, 0.25) is 12.2 Å². The fourth-order valence-corrected chi connectivity index (χ4v) is 5.93. The van der Waals surface area contributed by atoms with E-state index in [0.717, 1.165) is 62.3 Å². The molecule has 0 saturated carbocycles. The highest BCUT2D eigenvalue weighted by Gasteiger charge is 2.61. The Labute approximate surface area is 356 Å². The molecule has 0 bridgehead atoms. The highest BCUT2D eigenvalue weighted by Crippen LogP contribution is 2.39. The smallest absolute Gasteiger partial charge is 0.303 e. The monoisotopic (exact) mass is 923 g/mol. The molecule has 0 radical (unpaired) electrons. The summed E-state index contributed by atoms with van der Waals surface area (Å²) in [7, 11) is 0. The van der Waals surface area contributed by atoms with Crippen LogP contribution in [0.1, 0.15) is 62.3 Å². The molecular weight excluding hydrogens is 881 g/mol. The average Bonchev–Trinajstić information content (AvgIpc) is 3.07. The van der Waals surface area contributed by atoms with E-state index in [1.807, 2.05) is 0 Å². The number of carbonyl (C=O) groups is 9. The van der Waals surface area contributed by atoms with E-state index < -0.39 is 150 Å². The third kappa shape index (κ3) is 16.1. The maximum Gasteiger partial charge on any atom is 0.303 e. The Bertz CT molecular complexity index is 1640. The predicted molar refractivity (Wildman–Crippen MR) is 193 cm³/mol. The standard InChI is InChI=1S/C34H44Cl3NO22/c1-12(39)48-10-21(50-14(3)41)23-25(52-16(5)43)27(54-18(7)45)29(55-19(8)46)31(57-23)59-28-26(53-17(6)44)24(22(51-15(4)42)11-49-13(2)40)58-32(30(28)56-20(9)47)60-33(38)34(35,36)37/h21-32,38H,10-11H2,1-9H3/t21-,22-,23+,24+,25+,26+,27-,28-,29-,30-,31+,32+/m0/s1. The van der Waals surface area contributed by atoms with Gasteiger partial charge in [0.25, 0.3) is 3.79 Å². The van der Waals surface area contributed by atoms with E-state index in [4.69, 9.17) is 102 Å². The van der Waals surface area contributed by atoms with Crippen LogP contribution in [0.2, 0.25) is 0 Å². The lowest BCUT2D eigenvalue weighted by Gasteiger charge is -2.50. The quantitative estimate of drug-likeness (QED) is 0.0737. The van der Waals surface area contributed by atoms with Gasteiger partial charge in [0.15, 0.2) is 49.0 Å². The van der Waals surface area contributed by atoms with E-state index in [-0.39, 0.29) is 0 Å². The van der Waals surface area contributed by atoms with Gasteiger partial charge >= 0.3 is 53.7 Å². The summed E-state index contributed by atoms with van der Waals surface area (Å²) in [4.78, 5) is 112. The number of alkyl halides is 3. The molecule has 60 heavy (non-hydrogen) atoms. The number of nitrogens with one attached hydrogen (secondary N) is 1. The molecule has 23 nitrogen and oxygen atoms in total. The summed E-state index contributed by atoms with van der Waals surface area (Å²) < 4.78 is 69.8. The first kappa shape index (κ1) is 51.6. The number of rotatable bonds is 16. The molecule has 2 saturated heterocycles. The van der Waals surface area contributed by atoms with Gasteiger partial charge in [0.1, 0.15) is 31.5 Å². The Kier molecular flexibility index (Phi) is 19.7. The van der Waals surface area contributed by atoms with E-state index in [9.17, 15) is 43.2 Å². The summed E-state index contributed by atoms with van der Waals surface area (Å²) >= 11 is 17.6. The molecule has 1 N–H and O–H groups in total.